The van der Waals surface area contributed by atoms with E-state index in [2.05, 4.69) is 25.0 Å². The van der Waals surface area contributed by atoms with Crippen LogP contribution < -0.4 is 5.73 Å². The second-order valence-corrected chi connectivity index (χ2v) is 2.33. The zero-order valence-electron chi connectivity index (χ0n) is 4.72. The van der Waals surface area contributed by atoms with Crippen LogP contribution in [-0.2, 0) is 0 Å². The van der Waals surface area contributed by atoms with Gasteiger partial charge in [0, 0.05) is 11.5 Å². The highest BCUT2D eigenvalue weighted by Gasteiger charge is 2.12. The van der Waals surface area contributed by atoms with Crippen molar-refractivity contribution in [2.24, 2.45) is 0 Å². The zero-order valence-corrected chi connectivity index (χ0v) is 5.54. The SMILES string of the molecule is Nc1nnsc2nnnc1-2. The van der Waals surface area contributed by atoms with E-state index in [0.29, 0.717) is 10.7 Å². The van der Waals surface area contributed by atoms with Crippen molar-refractivity contribution in [3.05, 3.63) is 0 Å². The first-order chi connectivity index (χ1) is 4.88. The Labute approximate surface area is 59.6 Å². The predicted octanol–water partition coefficient (Wildman–Crippen LogP) is -0.590. The summed E-state index contributed by atoms with van der Waals surface area (Å²) in [6.45, 7) is 0. The molecule has 0 aromatic rings. The van der Waals surface area contributed by atoms with E-state index >= 15 is 0 Å². The van der Waals surface area contributed by atoms with Crippen molar-refractivity contribution in [1.29, 1.82) is 0 Å². The van der Waals surface area contributed by atoms with Gasteiger partial charge in [-0.05, 0) is 5.21 Å². The number of hydrogen-bond acceptors (Lipinski definition) is 7. The van der Waals surface area contributed by atoms with Crippen LogP contribution in [0.25, 0.3) is 10.7 Å². The van der Waals surface area contributed by atoms with E-state index in [0.717, 1.165) is 11.5 Å². The van der Waals surface area contributed by atoms with Gasteiger partial charge in [-0.2, -0.15) is 0 Å². The van der Waals surface area contributed by atoms with Gasteiger partial charge in [0.25, 0.3) is 0 Å². The highest BCUT2D eigenvalue weighted by atomic mass is 32.1. The molecule has 0 amide bonds. The van der Waals surface area contributed by atoms with Crippen LogP contribution in [0.2, 0.25) is 0 Å². The summed E-state index contributed by atoms with van der Waals surface area (Å²) in [5.41, 5.74) is 5.92. The van der Waals surface area contributed by atoms with Crippen LogP contribution in [-0.4, -0.2) is 25.0 Å². The molecule has 2 heterocycles. The Kier molecular flexibility index (Phi) is 0.978. The monoisotopic (exact) mass is 154 g/mol. The Balaban J connectivity index is 2.80. The maximum atomic E-state index is 5.39. The first-order valence-electron chi connectivity index (χ1n) is 2.45. The maximum Gasteiger partial charge on any atom is 0.192 e. The van der Waals surface area contributed by atoms with Crippen LogP contribution >= 0.6 is 11.5 Å². The van der Waals surface area contributed by atoms with Crippen LogP contribution in [0.1, 0.15) is 0 Å². The summed E-state index contributed by atoms with van der Waals surface area (Å²) < 4.78 is 3.61. The molecule has 0 spiro atoms. The molecule has 0 bridgehead atoms. The van der Waals surface area contributed by atoms with Gasteiger partial charge < -0.3 is 5.73 Å². The van der Waals surface area contributed by atoms with Gasteiger partial charge in [-0.15, -0.1) is 15.3 Å². The fourth-order valence-electron chi connectivity index (χ4n) is 0.571. The molecule has 2 N–H and O–H groups in total. The van der Waals surface area contributed by atoms with Crippen molar-refractivity contribution in [3.8, 4) is 10.7 Å². The number of fused-ring (bicyclic) bond motifs is 1. The van der Waals surface area contributed by atoms with Crippen LogP contribution in [0, 0.1) is 0 Å². The summed E-state index contributed by atoms with van der Waals surface area (Å²) in [6.07, 6.45) is 0. The summed E-state index contributed by atoms with van der Waals surface area (Å²) in [5, 5.41) is 14.9. The molecule has 0 saturated carbocycles. The lowest BCUT2D eigenvalue weighted by atomic mass is 10.5. The topological polar surface area (TPSA) is 90.5 Å². The molecule has 7 heteroatoms. The van der Waals surface area contributed by atoms with Gasteiger partial charge in [-0.1, -0.05) is 4.49 Å². The minimum absolute atomic E-state index is 0.277. The second-order valence-electron chi connectivity index (χ2n) is 1.60. The average Bonchev–Trinajstić information content (AvgIpc) is 2.36. The van der Waals surface area contributed by atoms with Crippen molar-refractivity contribution in [1.82, 2.24) is 25.0 Å². The molecule has 0 unspecified atom stereocenters. The molecule has 10 heavy (non-hydrogen) atoms. The molecule has 50 valence electrons. The quantitative estimate of drug-likeness (QED) is 0.545. The fourth-order valence-corrected chi connectivity index (χ4v) is 1.08. The molecule has 0 aromatic carbocycles. The molecule has 0 aromatic heterocycles. The Morgan fingerprint density at radius 3 is 2.90 bits per heavy atom. The van der Waals surface area contributed by atoms with Crippen LogP contribution in [0.5, 0.6) is 0 Å². The summed E-state index contributed by atoms with van der Waals surface area (Å²) >= 11 is 1.12. The highest BCUT2D eigenvalue weighted by molar-refractivity contribution is 7.08. The predicted molar refractivity (Wildman–Crippen MR) is 34.3 cm³/mol. The Hall–Kier alpha value is -1.37. The molecule has 0 atom stereocenters. The fraction of sp³-hybridized carbons (Fsp3) is 0. The van der Waals surface area contributed by atoms with E-state index in [1.165, 1.54) is 0 Å². The van der Waals surface area contributed by atoms with Crippen LogP contribution in [0.4, 0.5) is 5.82 Å². The molecule has 2 aliphatic rings. The lowest BCUT2D eigenvalue weighted by Crippen LogP contribution is -1.94. The normalized spacial score (nSPS) is 10.4. The summed E-state index contributed by atoms with van der Waals surface area (Å²) in [7, 11) is 0. The average molecular weight is 154 g/mol. The molecule has 0 fully saturated rings. The van der Waals surface area contributed by atoms with E-state index in [-0.39, 0.29) is 5.82 Å². The van der Waals surface area contributed by atoms with Crippen molar-refractivity contribution in [2.75, 3.05) is 5.73 Å². The third kappa shape index (κ3) is 0.605. The summed E-state index contributed by atoms with van der Waals surface area (Å²) in [5.74, 6) is 0.277. The number of nitrogens with two attached hydrogens (primary N) is 1. The van der Waals surface area contributed by atoms with Crippen LogP contribution in [0.3, 0.4) is 0 Å². The van der Waals surface area contributed by atoms with E-state index in [9.17, 15) is 0 Å². The first kappa shape index (κ1) is 5.42. The van der Waals surface area contributed by atoms with E-state index in [4.69, 9.17) is 5.73 Å². The van der Waals surface area contributed by atoms with E-state index in [1.807, 2.05) is 0 Å². The molecule has 2 aliphatic heterocycles. The lowest BCUT2D eigenvalue weighted by molar-refractivity contribution is 0.954. The number of nitrogens with zero attached hydrogens (tertiary/aromatic N) is 5. The van der Waals surface area contributed by atoms with Gasteiger partial charge in [0.05, 0.1) is 0 Å². The lowest BCUT2D eigenvalue weighted by Gasteiger charge is -1.90. The first-order valence-corrected chi connectivity index (χ1v) is 3.22. The minimum atomic E-state index is 0.277. The van der Waals surface area contributed by atoms with Crippen molar-refractivity contribution in [3.63, 3.8) is 0 Å². The van der Waals surface area contributed by atoms with E-state index < -0.39 is 0 Å². The Morgan fingerprint density at radius 1 is 1.20 bits per heavy atom. The molecular weight excluding hydrogens is 152 g/mol. The van der Waals surface area contributed by atoms with E-state index in [1.54, 1.807) is 0 Å². The Morgan fingerprint density at radius 2 is 2.10 bits per heavy atom. The summed E-state index contributed by atoms with van der Waals surface area (Å²) in [4.78, 5) is 0. The zero-order chi connectivity index (χ0) is 6.97. The van der Waals surface area contributed by atoms with Crippen molar-refractivity contribution in [2.45, 2.75) is 0 Å². The van der Waals surface area contributed by atoms with Gasteiger partial charge in [-0.3, -0.25) is 0 Å². The molecule has 0 aliphatic carbocycles. The Bertz CT molecular complexity index is 317. The number of rotatable bonds is 0. The van der Waals surface area contributed by atoms with Gasteiger partial charge in [0.15, 0.2) is 16.5 Å². The number of hydrogen-bond donors (Lipinski definition) is 1. The molecule has 0 radical (unpaired) electrons. The third-order valence-corrected chi connectivity index (χ3v) is 1.61. The van der Waals surface area contributed by atoms with Crippen molar-refractivity contribution >= 4 is 17.4 Å². The highest BCUT2D eigenvalue weighted by Crippen LogP contribution is 2.21. The number of anilines is 1. The van der Waals surface area contributed by atoms with Gasteiger partial charge in [-0.25, -0.2) is 0 Å². The van der Waals surface area contributed by atoms with Gasteiger partial charge >= 0.3 is 0 Å². The summed E-state index contributed by atoms with van der Waals surface area (Å²) in [6, 6.07) is 0. The number of aromatic nitrogens is 5. The number of nitrogen functional groups attached to an aromatic ring is 1. The molecule has 2 rings (SSSR count). The second kappa shape index (κ2) is 1.81. The van der Waals surface area contributed by atoms with Gasteiger partial charge in [0.1, 0.15) is 0 Å². The molecular formula is C3H2N6S. The standard InChI is InChI=1S/C3H2N6S/c4-2-1-3(7-8-5-1)10-9-6-2/h4H2. The molecule has 6 nitrogen and oxygen atoms in total. The largest absolute Gasteiger partial charge is 0.380 e. The van der Waals surface area contributed by atoms with Gasteiger partial charge in [0.2, 0.25) is 0 Å². The van der Waals surface area contributed by atoms with Crippen LogP contribution in [0.15, 0.2) is 0 Å². The smallest absolute Gasteiger partial charge is 0.192 e. The third-order valence-electron chi connectivity index (χ3n) is 1.00. The minimum Gasteiger partial charge on any atom is -0.380 e. The molecule has 0 saturated heterocycles. The van der Waals surface area contributed by atoms with Crippen molar-refractivity contribution < 1.29 is 0 Å². The maximum absolute atomic E-state index is 5.39.